The molecule has 0 radical (unpaired) electrons. The second-order valence-electron chi connectivity index (χ2n) is 5.99. The number of nitrogens with zero attached hydrogens (tertiary/aromatic N) is 1. The third-order valence-corrected chi connectivity index (χ3v) is 5.69. The Morgan fingerprint density at radius 1 is 1.18 bits per heavy atom. The lowest BCUT2D eigenvalue weighted by Gasteiger charge is -2.04. The van der Waals surface area contributed by atoms with Crippen LogP contribution < -0.4 is 10.2 Å². The molecule has 0 saturated heterocycles. The summed E-state index contributed by atoms with van der Waals surface area (Å²) in [6, 6.07) is 19.5. The Morgan fingerprint density at radius 3 is 2.75 bits per heavy atom. The molecule has 2 aromatic carbocycles. The summed E-state index contributed by atoms with van der Waals surface area (Å²) in [5.41, 5.74) is 5.79. The maximum atomic E-state index is 12.9. The van der Waals surface area contributed by atoms with E-state index in [9.17, 15) is 4.79 Å². The van der Waals surface area contributed by atoms with Gasteiger partial charge in [-0.25, -0.2) is 5.43 Å². The molecule has 5 nitrogen and oxygen atoms in total. The van der Waals surface area contributed by atoms with Crippen LogP contribution in [0.4, 0.5) is 0 Å². The maximum Gasteiger partial charge on any atom is 0.288 e. The fourth-order valence-corrected chi connectivity index (χ4v) is 4.02. The predicted octanol–water partition coefficient (Wildman–Crippen LogP) is 5.43. The van der Waals surface area contributed by atoms with Crippen molar-refractivity contribution in [1.29, 1.82) is 0 Å². The number of hydrazone groups is 1. The van der Waals surface area contributed by atoms with Crippen molar-refractivity contribution in [2.45, 2.75) is 0 Å². The van der Waals surface area contributed by atoms with Crippen molar-refractivity contribution >= 4 is 50.3 Å². The molecular weight excluding hydrogens is 438 g/mol. The van der Waals surface area contributed by atoms with Gasteiger partial charge in [-0.1, -0.05) is 57.6 Å². The van der Waals surface area contributed by atoms with Crippen LogP contribution >= 0.6 is 27.3 Å². The molecule has 0 bridgehead atoms. The first-order chi connectivity index (χ1) is 13.7. The Morgan fingerprint density at radius 2 is 2.00 bits per heavy atom. The SMILES string of the molecule is COc1ccc(/C=N/NC(=O)c2[nH]c3ccc(Br)cc3c2-c2ccccc2)s1. The van der Waals surface area contributed by atoms with Gasteiger partial charge in [0, 0.05) is 20.9 Å². The third-order valence-electron chi connectivity index (χ3n) is 4.21. The lowest BCUT2D eigenvalue weighted by atomic mass is 10.0. The highest BCUT2D eigenvalue weighted by molar-refractivity contribution is 9.10. The molecule has 0 aliphatic heterocycles. The van der Waals surface area contributed by atoms with Crippen LogP contribution in [0, 0.1) is 0 Å². The lowest BCUT2D eigenvalue weighted by Crippen LogP contribution is -2.18. The van der Waals surface area contributed by atoms with Gasteiger partial charge in [0.25, 0.3) is 5.91 Å². The van der Waals surface area contributed by atoms with Crippen molar-refractivity contribution in [3.63, 3.8) is 0 Å². The van der Waals surface area contributed by atoms with Crippen molar-refractivity contribution < 1.29 is 9.53 Å². The van der Waals surface area contributed by atoms with Gasteiger partial charge < -0.3 is 9.72 Å². The smallest absolute Gasteiger partial charge is 0.288 e. The molecule has 1 amide bonds. The van der Waals surface area contributed by atoms with E-state index in [-0.39, 0.29) is 5.91 Å². The van der Waals surface area contributed by atoms with Gasteiger partial charge in [0.15, 0.2) is 5.06 Å². The molecule has 0 aliphatic carbocycles. The van der Waals surface area contributed by atoms with E-state index in [2.05, 4.69) is 31.4 Å². The molecule has 140 valence electrons. The van der Waals surface area contributed by atoms with E-state index in [0.29, 0.717) is 5.69 Å². The van der Waals surface area contributed by atoms with Crippen LogP contribution in [0.25, 0.3) is 22.0 Å². The summed E-state index contributed by atoms with van der Waals surface area (Å²) in [6.07, 6.45) is 1.60. The molecule has 4 aromatic rings. The van der Waals surface area contributed by atoms with E-state index in [1.165, 1.54) is 11.3 Å². The van der Waals surface area contributed by atoms with Gasteiger partial charge in [0.05, 0.1) is 18.2 Å². The fourth-order valence-electron chi connectivity index (χ4n) is 2.96. The molecule has 0 spiro atoms. The summed E-state index contributed by atoms with van der Waals surface area (Å²) in [5.74, 6) is -0.300. The number of aromatic nitrogens is 1. The second kappa shape index (κ2) is 8.00. The zero-order valence-corrected chi connectivity index (χ0v) is 17.3. The van der Waals surface area contributed by atoms with Gasteiger partial charge in [-0.3, -0.25) is 4.79 Å². The highest BCUT2D eigenvalue weighted by atomic mass is 79.9. The maximum absolute atomic E-state index is 12.9. The number of aromatic amines is 1. The number of halogens is 1. The standard InChI is InChI=1S/C21H16BrN3O2S/c1-27-18-10-8-15(28-18)12-23-25-21(26)20-19(13-5-3-2-4-6-13)16-11-14(22)7-9-17(16)24-20/h2-12,24H,1H3,(H,25,26)/b23-12+. The molecule has 0 fully saturated rings. The van der Waals surface area contributed by atoms with Crippen LogP contribution in [0.2, 0.25) is 0 Å². The van der Waals surface area contributed by atoms with E-state index >= 15 is 0 Å². The first-order valence-electron chi connectivity index (χ1n) is 8.49. The Bertz CT molecular complexity index is 1170. The minimum absolute atomic E-state index is 0.300. The third kappa shape index (κ3) is 3.72. The molecular formula is C21H16BrN3O2S. The predicted molar refractivity (Wildman–Crippen MR) is 117 cm³/mol. The minimum Gasteiger partial charge on any atom is -0.487 e. The normalized spacial score (nSPS) is 11.2. The highest BCUT2D eigenvalue weighted by Gasteiger charge is 2.19. The van der Waals surface area contributed by atoms with E-state index in [4.69, 9.17) is 4.74 Å². The van der Waals surface area contributed by atoms with Crippen molar-refractivity contribution in [3.05, 3.63) is 75.7 Å². The second-order valence-corrected chi connectivity index (χ2v) is 7.98. The average Bonchev–Trinajstić information content (AvgIpc) is 3.32. The zero-order chi connectivity index (χ0) is 19.5. The molecule has 2 aromatic heterocycles. The first-order valence-corrected chi connectivity index (χ1v) is 10.1. The fraction of sp³-hybridized carbons (Fsp3) is 0.0476. The number of carbonyl (C=O) groups excluding carboxylic acids is 1. The van der Waals surface area contributed by atoms with E-state index in [0.717, 1.165) is 36.4 Å². The number of hydrogen-bond donors (Lipinski definition) is 2. The van der Waals surface area contributed by atoms with Crippen molar-refractivity contribution in [3.8, 4) is 16.2 Å². The molecule has 2 N–H and O–H groups in total. The monoisotopic (exact) mass is 453 g/mol. The molecule has 7 heteroatoms. The summed E-state index contributed by atoms with van der Waals surface area (Å²) in [6.45, 7) is 0. The van der Waals surface area contributed by atoms with Crippen molar-refractivity contribution in [1.82, 2.24) is 10.4 Å². The molecule has 0 aliphatic rings. The number of ether oxygens (including phenoxy) is 1. The summed E-state index contributed by atoms with van der Waals surface area (Å²) < 4.78 is 6.11. The summed E-state index contributed by atoms with van der Waals surface area (Å²) >= 11 is 4.96. The number of thiophene rings is 1. The Hall–Kier alpha value is -2.90. The Balaban J connectivity index is 1.68. The Labute approximate surface area is 174 Å². The summed E-state index contributed by atoms with van der Waals surface area (Å²) in [4.78, 5) is 17.0. The highest BCUT2D eigenvalue weighted by Crippen LogP contribution is 2.34. The molecule has 0 atom stereocenters. The average molecular weight is 454 g/mol. The van der Waals surface area contributed by atoms with E-state index < -0.39 is 0 Å². The summed E-state index contributed by atoms with van der Waals surface area (Å²) in [5, 5.41) is 5.85. The van der Waals surface area contributed by atoms with Gasteiger partial charge in [-0.2, -0.15) is 5.10 Å². The zero-order valence-electron chi connectivity index (χ0n) is 14.9. The minimum atomic E-state index is -0.300. The van der Waals surface area contributed by atoms with Gasteiger partial charge in [-0.05, 0) is 35.9 Å². The van der Waals surface area contributed by atoms with E-state index in [1.54, 1.807) is 13.3 Å². The largest absolute Gasteiger partial charge is 0.487 e. The number of benzene rings is 2. The molecule has 4 rings (SSSR count). The van der Waals surface area contributed by atoms with Crippen molar-refractivity contribution in [2.24, 2.45) is 5.10 Å². The Kier molecular flexibility index (Phi) is 5.27. The number of fused-ring (bicyclic) bond motifs is 1. The van der Waals surface area contributed by atoms with Crippen LogP contribution in [-0.4, -0.2) is 24.2 Å². The lowest BCUT2D eigenvalue weighted by molar-refractivity contribution is 0.0951. The van der Waals surface area contributed by atoms with E-state index in [1.807, 2.05) is 60.7 Å². The van der Waals surface area contributed by atoms with Gasteiger partial charge in [0.2, 0.25) is 0 Å². The number of hydrogen-bond acceptors (Lipinski definition) is 4. The number of methoxy groups -OCH3 is 1. The number of nitrogens with one attached hydrogen (secondary N) is 2. The number of rotatable bonds is 5. The topological polar surface area (TPSA) is 66.5 Å². The van der Waals surface area contributed by atoms with Crippen LogP contribution in [0.15, 0.2) is 70.2 Å². The van der Waals surface area contributed by atoms with Gasteiger partial charge in [-0.15, -0.1) is 0 Å². The van der Waals surface area contributed by atoms with Crippen LogP contribution in [-0.2, 0) is 0 Å². The molecule has 0 saturated carbocycles. The molecule has 2 heterocycles. The summed E-state index contributed by atoms with van der Waals surface area (Å²) in [7, 11) is 1.62. The molecule has 28 heavy (non-hydrogen) atoms. The quantitative estimate of drug-likeness (QED) is 0.312. The first kappa shape index (κ1) is 18.5. The van der Waals surface area contributed by atoms with Crippen LogP contribution in [0.5, 0.6) is 5.06 Å². The molecule has 0 unspecified atom stereocenters. The van der Waals surface area contributed by atoms with Crippen LogP contribution in [0.3, 0.4) is 0 Å². The van der Waals surface area contributed by atoms with Crippen LogP contribution in [0.1, 0.15) is 15.4 Å². The van der Waals surface area contributed by atoms with Crippen molar-refractivity contribution in [2.75, 3.05) is 7.11 Å². The number of carbonyl (C=O) groups is 1. The van der Waals surface area contributed by atoms with Gasteiger partial charge in [0.1, 0.15) is 5.69 Å². The number of H-pyrrole nitrogens is 1. The number of amides is 1. The van der Waals surface area contributed by atoms with Gasteiger partial charge >= 0.3 is 0 Å².